The zero-order chi connectivity index (χ0) is 15.8. The van der Waals surface area contributed by atoms with Crippen LogP contribution in [0.3, 0.4) is 0 Å². The van der Waals surface area contributed by atoms with Crippen LogP contribution in [-0.4, -0.2) is 30.9 Å². The van der Waals surface area contributed by atoms with E-state index in [1.54, 1.807) is 30.4 Å². The fraction of sp³-hybridized carbons (Fsp3) is 0.357. The fourth-order valence-corrected chi connectivity index (χ4v) is 3.36. The van der Waals surface area contributed by atoms with Gasteiger partial charge < -0.3 is 14.4 Å². The molecule has 0 aliphatic heterocycles. The van der Waals surface area contributed by atoms with E-state index in [-0.39, 0.29) is 5.91 Å². The Morgan fingerprint density at radius 1 is 1.59 bits per heavy atom. The van der Waals surface area contributed by atoms with Crippen LogP contribution >= 0.6 is 34.4 Å². The van der Waals surface area contributed by atoms with E-state index in [1.165, 1.54) is 0 Å². The normalized spacial score (nSPS) is 11.6. The summed E-state index contributed by atoms with van der Waals surface area (Å²) in [5, 5.41) is 6.68. The second-order valence-corrected chi connectivity index (χ2v) is 7.21. The maximum absolute atomic E-state index is 12.0. The molecular formula is C14H17IN4O2S. The van der Waals surface area contributed by atoms with Gasteiger partial charge in [-0.15, -0.1) is 11.8 Å². The van der Waals surface area contributed by atoms with E-state index in [1.807, 2.05) is 23.8 Å². The Balaban J connectivity index is 1.81. The van der Waals surface area contributed by atoms with Crippen LogP contribution in [0.2, 0.25) is 0 Å². The summed E-state index contributed by atoms with van der Waals surface area (Å²) in [6, 6.07) is 1.68. The quantitative estimate of drug-likeness (QED) is 0.394. The Bertz CT molecular complexity index is 625. The molecule has 2 aromatic rings. The zero-order valence-corrected chi connectivity index (χ0v) is 15.1. The van der Waals surface area contributed by atoms with Crippen molar-refractivity contribution in [3.63, 3.8) is 0 Å². The van der Waals surface area contributed by atoms with E-state index < -0.39 is 0 Å². The van der Waals surface area contributed by atoms with Crippen LogP contribution in [0.15, 0.2) is 35.4 Å². The summed E-state index contributed by atoms with van der Waals surface area (Å²) < 4.78 is 8.12. The molecule has 1 N–H and O–H groups in total. The molecule has 0 atom stereocenters. The van der Waals surface area contributed by atoms with Gasteiger partial charge in [0.25, 0.3) is 5.91 Å². The number of allylic oxidation sites excluding steroid dienone is 1. The number of amides is 1. The number of hydrogen-bond donors (Lipinski definition) is 1. The van der Waals surface area contributed by atoms with Gasteiger partial charge in [-0.1, -0.05) is 33.8 Å². The van der Waals surface area contributed by atoms with Crippen molar-refractivity contribution in [1.29, 1.82) is 0 Å². The van der Waals surface area contributed by atoms with Crippen LogP contribution in [0.4, 0.5) is 0 Å². The first kappa shape index (κ1) is 17.1. The lowest BCUT2D eigenvalue weighted by Crippen LogP contribution is -2.25. The fourth-order valence-electron chi connectivity index (χ4n) is 1.83. The highest BCUT2D eigenvalue weighted by Crippen LogP contribution is 2.29. The first-order chi connectivity index (χ1) is 10.7. The molecule has 1 amide bonds. The predicted octanol–water partition coefficient (Wildman–Crippen LogP) is 3.18. The van der Waals surface area contributed by atoms with Gasteiger partial charge >= 0.3 is 0 Å². The van der Waals surface area contributed by atoms with E-state index in [4.69, 9.17) is 4.52 Å². The lowest BCUT2D eigenvalue weighted by molar-refractivity contribution is 0.0943. The van der Waals surface area contributed by atoms with Crippen LogP contribution in [-0.2, 0) is 6.54 Å². The SMILES string of the molecule is C/C=C(\SCI)c1cc(C(=O)NCCCn2ccnc2)no1. The minimum absolute atomic E-state index is 0.212. The first-order valence-electron chi connectivity index (χ1n) is 6.80. The number of halogens is 1. The number of hydrogen-bond acceptors (Lipinski definition) is 5. The predicted molar refractivity (Wildman–Crippen MR) is 95.8 cm³/mol. The molecule has 0 aliphatic carbocycles. The molecule has 0 fully saturated rings. The summed E-state index contributed by atoms with van der Waals surface area (Å²) >= 11 is 3.92. The van der Waals surface area contributed by atoms with Gasteiger partial charge in [0.05, 0.1) is 10.1 Å². The summed E-state index contributed by atoms with van der Waals surface area (Å²) in [5.74, 6) is 0.420. The Hall–Kier alpha value is -1.29. The highest BCUT2D eigenvalue weighted by molar-refractivity contribution is 14.1. The van der Waals surface area contributed by atoms with Gasteiger partial charge in [0, 0.05) is 36.5 Å². The van der Waals surface area contributed by atoms with Crippen molar-refractivity contribution >= 4 is 45.2 Å². The highest BCUT2D eigenvalue weighted by Gasteiger charge is 2.14. The van der Waals surface area contributed by atoms with E-state index in [9.17, 15) is 4.79 Å². The minimum Gasteiger partial charge on any atom is -0.355 e. The Morgan fingerprint density at radius 3 is 3.14 bits per heavy atom. The van der Waals surface area contributed by atoms with E-state index in [0.29, 0.717) is 18.0 Å². The van der Waals surface area contributed by atoms with Crippen molar-refractivity contribution in [3.8, 4) is 0 Å². The molecule has 6 nitrogen and oxygen atoms in total. The average Bonchev–Trinajstić information content (AvgIpc) is 3.20. The van der Waals surface area contributed by atoms with Crippen molar-refractivity contribution in [3.05, 3.63) is 42.3 Å². The van der Waals surface area contributed by atoms with Crippen molar-refractivity contribution in [1.82, 2.24) is 20.0 Å². The number of aromatic nitrogens is 3. The third-order valence-electron chi connectivity index (χ3n) is 2.90. The van der Waals surface area contributed by atoms with Crippen LogP contribution in [0, 0.1) is 0 Å². The number of imidazole rings is 1. The van der Waals surface area contributed by atoms with Crippen LogP contribution in [0.1, 0.15) is 29.6 Å². The summed E-state index contributed by atoms with van der Waals surface area (Å²) in [6.45, 7) is 3.34. The first-order valence-corrected chi connectivity index (χ1v) is 9.31. The Morgan fingerprint density at radius 2 is 2.45 bits per heavy atom. The zero-order valence-electron chi connectivity index (χ0n) is 12.2. The van der Waals surface area contributed by atoms with E-state index in [0.717, 1.165) is 21.6 Å². The van der Waals surface area contributed by atoms with Crippen molar-refractivity contribution in [2.45, 2.75) is 19.9 Å². The average molecular weight is 432 g/mol. The lowest BCUT2D eigenvalue weighted by atomic mass is 10.3. The summed E-state index contributed by atoms with van der Waals surface area (Å²) in [4.78, 5) is 17.0. The summed E-state index contributed by atoms with van der Waals surface area (Å²) in [6.07, 6.45) is 8.18. The molecule has 0 aliphatic rings. The maximum Gasteiger partial charge on any atom is 0.273 e. The Labute approximate surface area is 146 Å². The summed E-state index contributed by atoms with van der Waals surface area (Å²) in [7, 11) is 0. The number of rotatable bonds is 8. The molecule has 0 saturated heterocycles. The molecule has 0 radical (unpaired) electrons. The van der Waals surface area contributed by atoms with Gasteiger partial charge in [0.1, 0.15) is 0 Å². The molecule has 118 valence electrons. The standard InChI is InChI=1S/C14H17IN4O2S/c1-2-13(22-9-15)12-8-11(18-21-12)14(20)17-4-3-6-19-7-5-16-10-19/h2,5,7-8,10H,3-4,6,9H2,1H3,(H,17,20)/b13-2-. The second kappa shape index (κ2) is 8.99. The maximum atomic E-state index is 12.0. The van der Waals surface area contributed by atoms with E-state index in [2.05, 4.69) is 38.0 Å². The van der Waals surface area contributed by atoms with Gasteiger partial charge in [0.15, 0.2) is 11.5 Å². The topological polar surface area (TPSA) is 73.0 Å². The van der Waals surface area contributed by atoms with Crippen LogP contribution in [0.25, 0.3) is 4.91 Å². The number of aryl methyl sites for hydroxylation is 1. The molecule has 2 aromatic heterocycles. The smallest absolute Gasteiger partial charge is 0.273 e. The minimum atomic E-state index is -0.212. The largest absolute Gasteiger partial charge is 0.355 e. The molecule has 0 aromatic carbocycles. The summed E-state index contributed by atoms with van der Waals surface area (Å²) in [5.41, 5.74) is 0.311. The number of nitrogens with one attached hydrogen (secondary N) is 1. The van der Waals surface area contributed by atoms with Gasteiger partial charge in [-0.3, -0.25) is 4.79 Å². The molecule has 8 heteroatoms. The third kappa shape index (κ3) is 4.87. The number of nitrogens with zero attached hydrogens (tertiary/aromatic N) is 3. The van der Waals surface area contributed by atoms with Gasteiger partial charge in [-0.25, -0.2) is 4.98 Å². The second-order valence-electron chi connectivity index (χ2n) is 4.39. The molecule has 0 bridgehead atoms. The van der Waals surface area contributed by atoms with Gasteiger partial charge in [-0.05, 0) is 13.3 Å². The molecule has 2 heterocycles. The lowest BCUT2D eigenvalue weighted by Gasteiger charge is -2.03. The van der Waals surface area contributed by atoms with Crippen LogP contribution < -0.4 is 5.32 Å². The van der Waals surface area contributed by atoms with Crippen molar-refractivity contribution in [2.75, 3.05) is 10.3 Å². The third-order valence-corrected chi connectivity index (χ3v) is 4.69. The molecule has 2 rings (SSSR count). The molecule has 0 saturated carbocycles. The molecule has 0 unspecified atom stereocenters. The van der Waals surface area contributed by atoms with Crippen LogP contribution in [0.5, 0.6) is 0 Å². The molecule has 0 spiro atoms. The molecular weight excluding hydrogens is 415 g/mol. The molecule has 22 heavy (non-hydrogen) atoms. The van der Waals surface area contributed by atoms with E-state index >= 15 is 0 Å². The van der Waals surface area contributed by atoms with Gasteiger partial charge in [-0.2, -0.15) is 0 Å². The number of carbonyl (C=O) groups excluding carboxylic acids is 1. The van der Waals surface area contributed by atoms with Crippen molar-refractivity contribution in [2.24, 2.45) is 0 Å². The monoisotopic (exact) mass is 432 g/mol. The number of carbonyl (C=O) groups is 1. The van der Waals surface area contributed by atoms with Crippen molar-refractivity contribution < 1.29 is 9.32 Å². The number of alkyl halides is 1. The highest BCUT2D eigenvalue weighted by atomic mass is 127. The van der Waals surface area contributed by atoms with Gasteiger partial charge in [0.2, 0.25) is 0 Å². The Kier molecular flexibility index (Phi) is 6.97. The number of thioether (sulfide) groups is 1.